The Morgan fingerprint density at radius 3 is 2.75 bits per heavy atom. The number of nitrogens with one attached hydrogen (secondary N) is 1. The highest BCUT2D eigenvalue weighted by Gasteiger charge is 2.16. The number of aryl methyl sites for hydroxylation is 1. The summed E-state index contributed by atoms with van der Waals surface area (Å²) in [6.07, 6.45) is 1.39. The summed E-state index contributed by atoms with van der Waals surface area (Å²) >= 11 is 5.70. The number of benzene rings is 1. The van der Waals surface area contributed by atoms with Crippen molar-refractivity contribution in [2.45, 2.75) is 6.92 Å². The molecule has 0 radical (unpaired) electrons. The van der Waals surface area contributed by atoms with Crippen LogP contribution in [0.4, 0.5) is 11.4 Å². The average Bonchev–Trinajstić information content (AvgIpc) is 2.38. The van der Waals surface area contributed by atoms with E-state index >= 15 is 0 Å². The Kier molecular flexibility index (Phi) is 3.95. The molecule has 1 aromatic heterocycles. The molecular formula is C13H10ClN3O3. The van der Waals surface area contributed by atoms with Crippen LogP contribution in [0.3, 0.4) is 0 Å². The van der Waals surface area contributed by atoms with E-state index in [2.05, 4.69) is 10.3 Å². The first-order valence-electron chi connectivity index (χ1n) is 5.65. The molecule has 6 nitrogen and oxygen atoms in total. The predicted octanol–water partition coefficient (Wildman–Crippen LogP) is 3.20. The molecule has 0 aliphatic rings. The van der Waals surface area contributed by atoms with E-state index in [9.17, 15) is 14.9 Å². The molecule has 0 spiro atoms. The summed E-state index contributed by atoms with van der Waals surface area (Å²) in [7, 11) is 0. The van der Waals surface area contributed by atoms with Crippen molar-refractivity contribution in [2.24, 2.45) is 0 Å². The largest absolute Gasteiger partial charge is 0.316 e. The summed E-state index contributed by atoms with van der Waals surface area (Å²) in [5.74, 6) is -0.483. The first-order chi connectivity index (χ1) is 9.47. The molecule has 2 aromatic rings. The molecular weight excluding hydrogens is 282 g/mol. The van der Waals surface area contributed by atoms with Crippen LogP contribution in [0.2, 0.25) is 5.15 Å². The number of nitro benzene ring substituents is 1. The molecule has 102 valence electrons. The van der Waals surface area contributed by atoms with Crippen molar-refractivity contribution in [3.63, 3.8) is 0 Å². The van der Waals surface area contributed by atoms with Crippen molar-refractivity contribution in [1.29, 1.82) is 0 Å². The lowest BCUT2D eigenvalue weighted by Gasteiger charge is -2.07. The minimum Gasteiger partial charge on any atom is -0.316 e. The van der Waals surface area contributed by atoms with Crippen LogP contribution >= 0.6 is 11.6 Å². The van der Waals surface area contributed by atoms with E-state index in [0.717, 1.165) is 5.56 Å². The van der Waals surface area contributed by atoms with E-state index < -0.39 is 10.8 Å². The third kappa shape index (κ3) is 3.10. The standard InChI is InChI=1S/C13H10ClN3O3/c1-8-2-3-11(17(19)20)10(6-8)16-13(18)9-4-5-15-12(14)7-9/h2-7H,1H3,(H,16,18). The molecule has 1 aromatic carbocycles. The van der Waals surface area contributed by atoms with Gasteiger partial charge in [0.25, 0.3) is 11.6 Å². The van der Waals surface area contributed by atoms with Gasteiger partial charge in [-0.3, -0.25) is 14.9 Å². The number of nitrogens with zero attached hydrogens (tertiary/aromatic N) is 2. The van der Waals surface area contributed by atoms with Crippen LogP contribution in [-0.4, -0.2) is 15.8 Å². The lowest BCUT2D eigenvalue weighted by Crippen LogP contribution is -2.13. The number of amides is 1. The van der Waals surface area contributed by atoms with Crippen molar-refractivity contribution in [3.05, 3.63) is 62.9 Å². The average molecular weight is 292 g/mol. The second-order valence-corrected chi connectivity index (χ2v) is 4.49. The van der Waals surface area contributed by atoms with Crippen LogP contribution in [0, 0.1) is 17.0 Å². The zero-order chi connectivity index (χ0) is 14.7. The summed E-state index contributed by atoms with van der Waals surface area (Å²) in [4.78, 5) is 26.2. The maximum atomic E-state index is 12.0. The van der Waals surface area contributed by atoms with Gasteiger partial charge in [-0.2, -0.15) is 0 Å². The Labute approximate surface area is 119 Å². The summed E-state index contributed by atoms with van der Waals surface area (Å²) in [6, 6.07) is 7.36. The molecule has 7 heteroatoms. The quantitative estimate of drug-likeness (QED) is 0.534. The second kappa shape index (κ2) is 5.66. The Morgan fingerprint density at radius 2 is 2.10 bits per heavy atom. The van der Waals surface area contributed by atoms with Crippen LogP contribution in [0.15, 0.2) is 36.5 Å². The van der Waals surface area contributed by atoms with E-state index in [-0.39, 0.29) is 22.1 Å². The van der Waals surface area contributed by atoms with E-state index in [4.69, 9.17) is 11.6 Å². The second-order valence-electron chi connectivity index (χ2n) is 4.10. The van der Waals surface area contributed by atoms with E-state index in [1.54, 1.807) is 19.1 Å². The molecule has 20 heavy (non-hydrogen) atoms. The van der Waals surface area contributed by atoms with Gasteiger partial charge >= 0.3 is 0 Å². The van der Waals surface area contributed by atoms with Gasteiger partial charge in [0.1, 0.15) is 10.8 Å². The first-order valence-corrected chi connectivity index (χ1v) is 6.03. The van der Waals surface area contributed by atoms with Gasteiger partial charge in [0, 0.05) is 17.8 Å². The van der Waals surface area contributed by atoms with Crippen molar-refractivity contribution in [2.75, 3.05) is 5.32 Å². The van der Waals surface area contributed by atoms with Gasteiger partial charge in [0.15, 0.2) is 0 Å². The number of aromatic nitrogens is 1. The van der Waals surface area contributed by atoms with Crippen LogP contribution in [0.5, 0.6) is 0 Å². The zero-order valence-electron chi connectivity index (χ0n) is 10.5. The minimum atomic E-state index is -0.547. The van der Waals surface area contributed by atoms with Gasteiger partial charge in [-0.25, -0.2) is 4.98 Å². The Morgan fingerprint density at radius 1 is 1.35 bits per heavy atom. The van der Waals surface area contributed by atoms with Gasteiger partial charge < -0.3 is 5.32 Å². The fraction of sp³-hybridized carbons (Fsp3) is 0.0769. The fourth-order valence-corrected chi connectivity index (χ4v) is 1.82. The lowest BCUT2D eigenvalue weighted by molar-refractivity contribution is -0.383. The number of pyridine rings is 1. The summed E-state index contributed by atoms with van der Waals surface area (Å²) in [5.41, 5.74) is 1.07. The number of nitro groups is 1. The molecule has 1 N–H and O–H groups in total. The zero-order valence-corrected chi connectivity index (χ0v) is 11.2. The highest BCUT2D eigenvalue weighted by Crippen LogP contribution is 2.25. The molecule has 0 aliphatic carbocycles. The van der Waals surface area contributed by atoms with Crippen LogP contribution in [0.25, 0.3) is 0 Å². The number of hydrogen-bond acceptors (Lipinski definition) is 4. The molecule has 0 atom stereocenters. The predicted molar refractivity (Wildman–Crippen MR) is 75.0 cm³/mol. The number of carbonyl (C=O) groups is 1. The number of anilines is 1. The third-order valence-corrected chi connectivity index (χ3v) is 2.79. The summed E-state index contributed by atoms with van der Waals surface area (Å²) in [6.45, 7) is 1.78. The Bertz CT molecular complexity index is 688. The van der Waals surface area contributed by atoms with E-state index in [1.165, 1.54) is 24.4 Å². The highest BCUT2D eigenvalue weighted by molar-refractivity contribution is 6.29. The fourth-order valence-electron chi connectivity index (χ4n) is 1.65. The number of halogens is 1. The Balaban J connectivity index is 2.32. The lowest BCUT2D eigenvalue weighted by atomic mass is 10.2. The number of carbonyl (C=O) groups excluding carboxylic acids is 1. The topological polar surface area (TPSA) is 85.1 Å². The van der Waals surface area contributed by atoms with E-state index in [1.807, 2.05) is 0 Å². The number of rotatable bonds is 3. The molecule has 0 saturated carbocycles. The highest BCUT2D eigenvalue weighted by atomic mass is 35.5. The molecule has 0 unspecified atom stereocenters. The van der Waals surface area contributed by atoms with Crippen LogP contribution < -0.4 is 5.32 Å². The van der Waals surface area contributed by atoms with Gasteiger partial charge in [0.05, 0.1) is 4.92 Å². The summed E-state index contributed by atoms with van der Waals surface area (Å²) in [5, 5.41) is 13.6. The maximum Gasteiger partial charge on any atom is 0.292 e. The van der Waals surface area contributed by atoms with Gasteiger partial charge in [0.2, 0.25) is 0 Å². The van der Waals surface area contributed by atoms with E-state index in [0.29, 0.717) is 0 Å². The van der Waals surface area contributed by atoms with Crippen LogP contribution in [-0.2, 0) is 0 Å². The van der Waals surface area contributed by atoms with Gasteiger partial charge in [-0.1, -0.05) is 17.7 Å². The third-order valence-electron chi connectivity index (χ3n) is 2.59. The summed E-state index contributed by atoms with van der Waals surface area (Å²) < 4.78 is 0. The molecule has 1 amide bonds. The molecule has 1 heterocycles. The molecule has 2 rings (SSSR count). The monoisotopic (exact) mass is 291 g/mol. The van der Waals surface area contributed by atoms with Gasteiger partial charge in [-0.05, 0) is 30.7 Å². The molecule has 0 bridgehead atoms. The molecule has 0 fully saturated rings. The molecule has 0 saturated heterocycles. The number of hydrogen-bond donors (Lipinski definition) is 1. The van der Waals surface area contributed by atoms with Gasteiger partial charge in [-0.15, -0.1) is 0 Å². The SMILES string of the molecule is Cc1ccc([N+](=O)[O-])c(NC(=O)c2ccnc(Cl)c2)c1. The van der Waals surface area contributed by atoms with Crippen molar-refractivity contribution >= 4 is 28.9 Å². The Hall–Kier alpha value is -2.47. The smallest absolute Gasteiger partial charge is 0.292 e. The normalized spacial score (nSPS) is 10.1. The first kappa shape index (κ1) is 14.0. The molecule has 0 aliphatic heterocycles. The van der Waals surface area contributed by atoms with Crippen molar-refractivity contribution < 1.29 is 9.72 Å². The maximum absolute atomic E-state index is 12.0. The van der Waals surface area contributed by atoms with Crippen molar-refractivity contribution in [1.82, 2.24) is 4.98 Å². The van der Waals surface area contributed by atoms with Crippen molar-refractivity contribution in [3.8, 4) is 0 Å². The minimum absolute atomic E-state index is 0.146. The van der Waals surface area contributed by atoms with Crippen LogP contribution in [0.1, 0.15) is 15.9 Å².